The number of carboxylic acid groups (broad SMARTS) is 1. The molecule has 3 nitrogen and oxygen atoms in total. The van der Waals surface area contributed by atoms with Crippen LogP contribution >= 0.6 is 23.4 Å². The van der Waals surface area contributed by atoms with Gasteiger partial charge in [-0.25, -0.2) is 0 Å². The van der Waals surface area contributed by atoms with Gasteiger partial charge in [0, 0.05) is 22.0 Å². The molecule has 1 aromatic carbocycles. The lowest BCUT2D eigenvalue weighted by Gasteiger charge is -2.05. The topological polar surface area (TPSA) is 63.3 Å². The van der Waals surface area contributed by atoms with Gasteiger partial charge in [-0.2, -0.15) is 0 Å². The average Bonchev–Trinajstić information content (AvgIpc) is 2.25. The van der Waals surface area contributed by atoms with Crippen LogP contribution in [0.2, 0.25) is 5.02 Å². The number of benzene rings is 1. The van der Waals surface area contributed by atoms with Gasteiger partial charge in [0.15, 0.2) is 0 Å². The first-order chi connectivity index (χ1) is 8.09. The molecule has 0 heterocycles. The van der Waals surface area contributed by atoms with Crippen molar-refractivity contribution >= 4 is 35.0 Å². The van der Waals surface area contributed by atoms with Crippen molar-refractivity contribution in [3.8, 4) is 0 Å². The summed E-state index contributed by atoms with van der Waals surface area (Å²) in [6, 6.07) is 5.48. The largest absolute Gasteiger partial charge is 0.481 e. The molecule has 3 N–H and O–H groups in total. The molecule has 0 spiro atoms. The minimum atomic E-state index is -0.723. The standard InChI is InChI=1S/C12H16ClNO2S/c13-9-5-6-11(10(14)8-9)17-7-3-1-2-4-12(15)16/h5-6,8H,1-4,7,14H2,(H,15,16). The Bertz CT molecular complexity index is 385. The van der Waals surface area contributed by atoms with E-state index < -0.39 is 5.97 Å². The number of anilines is 1. The van der Waals surface area contributed by atoms with E-state index in [2.05, 4.69) is 0 Å². The number of hydrogen-bond donors (Lipinski definition) is 2. The maximum Gasteiger partial charge on any atom is 0.303 e. The van der Waals surface area contributed by atoms with E-state index >= 15 is 0 Å². The summed E-state index contributed by atoms with van der Waals surface area (Å²) in [5, 5.41) is 9.12. The van der Waals surface area contributed by atoms with E-state index in [9.17, 15) is 4.79 Å². The normalized spacial score (nSPS) is 10.4. The first-order valence-electron chi connectivity index (χ1n) is 5.49. The number of rotatable bonds is 7. The fourth-order valence-electron chi connectivity index (χ4n) is 1.39. The molecule has 5 heteroatoms. The third-order valence-electron chi connectivity index (χ3n) is 2.26. The van der Waals surface area contributed by atoms with Crippen molar-refractivity contribution in [2.45, 2.75) is 30.6 Å². The van der Waals surface area contributed by atoms with Crippen LogP contribution < -0.4 is 5.73 Å². The second-order valence-electron chi connectivity index (χ2n) is 3.74. The van der Waals surface area contributed by atoms with Gasteiger partial charge in [-0.15, -0.1) is 11.8 Å². The van der Waals surface area contributed by atoms with E-state index in [4.69, 9.17) is 22.4 Å². The molecule has 94 valence electrons. The van der Waals surface area contributed by atoms with Gasteiger partial charge in [0.1, 0.15) is 0 Å². The summed E-state index contributed by atoms with van der Waals surface area (Å²) in [5.41, 5.74) is 6.52. The summed E-state index contributed by atoms with van der Waals surface area (Å²) >= 11 is 7.49. The Morgan fingerprint density at radius 1 is 1.35 bits per heavy atom. The Hall–Kier alpha value is -0.870. The predicted octanol–water partition coefficient (Wildman–Crippen LogP) is 3.66. The van der Waals surface area contributed by atoms with E-state index in [0.29, 0.717) is 10.7 Å². The zero-order chi connectivity index (χ0) is 12.7. The summed E-state index contributed by atoms with van der Waals surface area (Å²) < 4.78 is 0. The van der Waals surface area contributed by atoms with Crippen LogP contribution in [0.4, 0.5) is 5.69 Å². The number of carboxylic acids is 1. The molecule has 0 fully saturated rings. The molecule has 0 saturated heterocycles. The summed E-state index contributed by atoms with van der Waals surface area (Å²) in [7, 11) is 0. The second-order valence-corrected chi connectivity index (χ2v) is 5.31. The highest BCUT2D eigenvalue weighted by atomic mass is 35.5. The van der Waals surface area contributed by atoms with Crippen molar-refractivity contribution in [3.63, 3.8) is 0 Å². The smallest absolute Gasteiger partial charge is 0.303 e. The molecule has 0 radical (unpaired) electrons. The van der Waals surface area contributed by atoms with Crippen LogP contribution in [-0.2, 0) is 4.79 Å². The fraction of sp³-hybridized carbons (Fsp3) is 0.417. The minimum Gasteiger partial charge on any atom is -0.481 e. The zero-order valence-corrected chi connectivity index (χ0v) is 11.1. The van der Waals surface area contributed by atoms with Crippen LogP contribution in [0, 0.1) is 0 Å². The Morgan fingerprint density at radius 3 is 2.76 bits per heavy atom. The van der Waals surface area contributed by atoms with Crippen LogP contribution in [-0.4, -0.2) is 16.8 Å². The molecular formula is C12H16ClNO2S. The van der Waals surface area contributed by atoms with E-state index in [1.54, 1.807) is 17.8 Å². The monoisotopic (exact) mass is 273 g/mol. The second kappa shape index (κ2) is 7.45. The lowest BCUT2D eigenvalue weighted by atomic mass is 10.2. The summed E-state index contributed by atoms with van der Waals surface area (Å²) in [5.74, 6) is 0.227. The molecule has 0 aliphatic heterocycles. The van der Waals surface area contributed by atoms with E-state index in [1.807, 2.05) is 12.1 Å². The minimum absolute atomic E-state index is 0.258. The number of aliphatic carboxylic acids is 1. The van der Waals surface area contributed by atoms with Crippen LogP contribution in [0.5, 0.6) is 0 Å². The number of hydrogen-bond acceptors (Lipinski definition) is 3. The van der Waals surface area contributed by atoms with Gasteiger partial charge in [0.05, 0.1) is 0 Å². The molecule has 0 atom stereocenters. The molecule has 0 bridgehead atoms. The maximum atomic E-state index is 10.3. The van der Waals surface area contributed by atoms with Gasteiger partial charge >= 0.3 is 5.97 Å². The maximum absolute atomic E-state index is 10.3. The molecule has 0 saturated carbocycles. The summed E-state index contributed by atoms with van der Waals surface area (Å²) in [4.78, 5) is 11.3. The van der Waals surface area contributed by atoms with E-state index in [0.717, 1.165) is 29.9 Å². The molecular weight excluding hydrogens is 258 g/mol. The van der Waals surface area contributed by atoms with Gasteiger partial charge in [-0.3, -0.25) is 4.79 Å². The van der Waals surface area contributed by atoms with Crippen molar-refractivity contribution < 1.29 is 9.90 Å². The highest BCUT2D eigenvalue weighted by Crippen LogP contribution is 2.28. The average molecular weight is 274 g/mol. The zero-order valence-electron chi connectivity index (χ0n) is 9.49. The van der Waals surface area contributed by atoms with Crippen LogP contribution in [0.3, 0.4) is 0 Å². The molecule has 0 aromatic heterocycles. The molecule has 17 heavy (non-hydrogen) atoms. The first kappa shape index (κ1) is 14.2. The van der Waals surface area contributed by atoms with Crippen molar-refractivity contribution in [3.05, 3.63) is 23.2 Å². The van der Waals surface area contributed by atoms with Crippen LogP contribution in [0.25, 0.3) is 0 Å². The number of unbranched alkanes of at least 4 members (excludes halogenated alkanes) is 2. The SMILES string of the molecule is Nc1cc(Cl)ccc1SCCCCCC(=O)O. The van der Waals surface area contributed by atoms with Gasteiger partial charge in [0.25, 0.3) is 0 Å². The third-order valence-corrected chi connectivity index (χ3v) is 3.68. The Labute approximate surface area is 110 Å². The van der Waals surface area contributed by atoms with Crippen LogP contribution in [0.1, 0.15) is 25.7 Å². The molecule has 0 aliphatic carbocycles. The highest BCUT2D eigenvalue weighted by molar-refractivity contribution is 7.99. The lowest BCUT2D eigenvalue weighted by molar-refractivity contribution is -0.137. The molecule has 0 unspecified atom stereocenters. The quantitative estimate of drug-likeness (QED) is 0.452. The Balaban J connectivity index is 2.20. The van der Waals surface area contributed by atoms with Crippen molar-refractivity contribution in [1.82, 2.24) is 0 Å². The van der Waals surface area contributed by atoms with Crippen molar-refractivity contribution in [2.75, 3.05) is 11.5 Å². The van der Waals surface area contributed by atoms with E-state index in [-0.39, 0.29) is 6.42 Å². The lowest BCUT2D eigenvalue weighted by Crippen LogP contribution is -1.94. The molecule has 1 aromatic rings. The number of nitrogen functional groups attached to an aromatic ring is 1. The fourth-order valence-corrected chi connectivity index (χ4v) is 2.53. The number of nitrogens with two attached hydrogens (primary N) is 1. The van der Waals surface area contributed by atoms with Crippen LogP contribution in [0.15, 0.2) is 23.1 Å². The summed E-state index contributed by atoms with van der Waals surface area (Å²) in [6.45, 7) is 0. The number of thioether (sulfide) groups is 1. The Morgan fingerprint density at radius 2 is 2.12 bits per heavy atom. The first-order valence-corrected chi connectivity index (χ1v) is 6.85. The van der Waals surface area contributed by atoms with E-state index in [1.165, 1.54) is 0 Å². The number of carbonyl (C=O) groups is 1. The highest BCUT2D eigenvalue weighted by Gasteiger charge is 2.01. The van der Waals surface area contributed by atoms with Gasteiger partial charge in [-0.1, -0.05) is 18.0 Å². The van der Waals surface area contributed by atoms with Crippen molar-refractivity contribution in [2.24, 2.45) is 0 Å². The van der Waals surface area contributed by atoms with Gasteiger partial charge in [-0.05, 0) is 36.8 Å². The van der Waals surface area contributed by atoms with Gasteiger partial charge < -0.3 is 10.8 Å². The third kappa shape index (κ3) is 5.84. The molecule has 1 rings (SSSR count). The predicted molar refractivity (Wildman–Crippen MR) is 72.7 cm³/mol. The van der Waals surface area contributed by atoms with Crippen molar-refractivity contribution in [1.29, 1.82) is 0 Å². The summed E-state index contributed by atoms with van der Waals surface area (Å²) in [6.07, 6.45) is 2.94. The van der Waals surface area contributed by atoms with Gasteiger partial charge in [0.2, 0.25) is 0 Å². The Kier molecular flexibility index (Phi) is 6.22. The molecule has 0 aliphatic rings. The number of halogens is 1. The molecule has 0 amide bonds.